The summed E-state index contributed by atoms with van der Waals surface area (Å²) >= 11 is 1.78. The van der Waals surface area contributed by atoms with Crippen molar-refractivity contribution in [2.45, 2.75) is 0 Å². The Hall–Kier alpha value is -7.41. The van der Waals surface area contributed by atoms with Gasteiger partial charge in [0.2, 0.25) is 0 Å². The zero-order valence-electron chi connectivity index (χ0n) is 36.0. The van der Waals surface area contributed by atoms with Crippen molar-refractivity contribution in [3.8, 4) is 51.0 Å². The van der Waals surface area contributed by atoms with Crippen molar-refractivity contribution < 1.29 is 12.6 Å². The fraction of sp³-hybridized carbons (Fsp3) is 0. The molecule has 266 valence electrons. The number of furan rings is 1. The fourth-order valence-electron chi connectivity index (χ4n) is 8.03. The van der Waals surface area contributed by atoms with E-state index < -0.39 is 0 Å². The van der Waals surface area contributed by atoms with Gasteiger partial charge in [-0.2, -0.15) is 0 Å². The molecule has 8 aromatic carbocycles. The zero-order valence-corrected chi connectivity index (χ0v) is 30.8. The number of hydrogen-bond donors (Lipinski definition) is 0. The molecule has 0 amide bonds. The standard InChI is InChI=1S/C51H30N4OS/c1-5-21-42-37(16-1)38-17-2-6-22-43(38)55(42)35-15-10-14-33(29-35)50-52-49(53-51(54-50)34-26-27-40-39-18-3-7-23-44(39)56-45(40)30-34)32-13-9-12-31(28-32)36-20-11-25-47-48(36)41-19-4-8-24-46(41)57-47/h1-30H/i1D,2D,16D,17D,21D,22D. The number of aromatic nitrogens is 4. The number of rotatable bonds is 5. The van der Waals surface area contributed by atoms with Gasteiger partial charge in [0.1, 0.15) is 11.2 Å². The Morgan fingerprint density at radius 1 is 0.456 bits per heavy atom. The smallest absolute Gasteiger partial charge is 0.164 e. The van der Waals surface area contributed by atoms with E-state index in [1.807, 2.05) is 78.9 Å². The average molecular weight is 753 g/mol. The second-order valence-corrected chi connectivity index (χ2v) is 15.0. The molecule has 0 saturated heterocycles. The highest BCUT2D eigenvalue weighted by Crippen LogP contribution is 2.41. The van der Waals surface area contributed by atoms with E-state index in [2.05, 4.69) is 54.6 Å². The first-order valence-electron chi connectivity index (χ1n) is 21.5. The minimum atomic E-state index is -0.169. The van der Waals surface area contributed by atoms with Crippen LogP contribution >= 0.6 is 11.3 Å². The lowest BCUT2D eigenvalue weighted by molar-refractivity contribution is 0.669. The van der Waals surface area contributed by atoms with Crippen LogP contribution in [-0.4, -0.2) is 19.5 Å². The average Bonchev–Trinajstić information content (AvgIpc) is 4.00. The molecule has 0 unspecified atom stereocenters. The third-order valence-corrected chi connectivity index (χ3v) is 11.7. The lowest BCUT2D eigenvalue weighted by atomic mass is 9.98. The molecule has 0 aliphatic heterocycles. The van der Waals surface area contributed by atoms with E-state index in [1.165, 1.54) is 32.3 Å². The van der Waals surface area contributed by atoms with Crippen LogP contribution in [0.25, 0.3) is 115 Å². The lowest BCUT2D eigenvalue weighted by Crippen LogP contribution is -2.01. The minimum Gasteiger partial charge on any atom is -0.456 e. The minimum absolute atomic E-state index is 0.0327. The van der Waals surface area contributed by atoms with Crippen LogP contribution in [0.1, 0.15) is 8.22 Å². The first kappa shape index (κ1) is 26.4. The van der Waals surface area contributed by atoms with E-state index >= 15 is 0 Å². The largest absolute Gasteiger partial charge is 0.456 e. The molecule has 4 heterocycles. The molecule has 0 atom stereocenters. The highest BCUT2D eigenvalue weighted by molar-refractivity contribution is 7.25. The van der Waals surface area contributed by atoms with Crippen LogP contribution in [0.15, 0.2) is 186 Å². The molecule has 0 N–H and O–H groups in total. The number of benzene rings is 8. The van der Waals surface area contributed by atoms with Crippen LogP contribution in [0.5, 0.6) is 0 Å². The van der Waals surface area contributed by atoms with Crippen LogP contribution in [0, 0.1) is 0 Å². The predicted molar refractivity (Wildman–Crippen MR) is 236 cm³/mol. The van der Waals surface area contributed by atoms with Crippen LogP contribution in [0.4, 0.5) is 0 Å². The molecule has 0 aliphatic rings. The van der Waals surface area contributed by atoms with Crippen molar-refractivity contribution in [2.24, 2.45) is 0 Å². The molecular weight excluding hydrogens is 717 g/mol. The van der Waals surface area contributed by atoms with Gasteiger partial charge >= 0.3 is 0 Å². The molecule has 0 aliphatic carbocycles. The summed E-state index contributed by atoms with van der Waals surface area (Å²) in [4.78, 5) is 15.3. The van der Waals surface area contributed by atoms with Gasteiger partial charge in [-0.1, -0.05) is 121 Å². The SMILES string of the molecule is [2H]c1cc([2H])c2c(c1[2H])c1c([2H])c([2H])cc([2H])c1n2-c1cccc(-c2nc(-c3cccc(-c4cccc5sc6ccccc6c45)c3)nc(-c3ccc4c(c3)oc3ccccc34)n2)c1. The molecule has 0 fully saturated rings. The maximum atomic E-state index is 9.00. The molecule has 57 heavy (non-hydrogen) atoms. The Morgan fingerprint density at radius 2 is 1.07 bits per heavy atom. The van der Waals surface area contributed by atoms with Gasteiger partial charge in [0.25, 0.3) is 0 Å². The van der Waals surface area contributed by atoms with Crippen molar-refractivity contribution >= 4 is 75.3 Å². The molecular formula is C51H30N4OS. The van der Waals surface area contributed by atoms with Gasteiger partial charge in [-0.15, -0.1) is 11.3 Å². The molecule has 4 aromatic heterocycles. The van der Waals surface area contributed by atoms with E-state index in [9.17, 15) is 0 Å². The van der Waals surface area contributed by atoms with E-state index in [4.69, 9.17) is 27.6 Å². The van der Waals surface area contributed by atoms with Crippen LogP contribution in [0.2, 0.25) is 0 Å². The summed E-state index contributed by atoms with van der Waals surface area (Å²) < 4.78 is 63.0. The molecule has 0 bridgehead atoms. The summed E-state index contributed by atoms with van der Waals surface area (Å²) in [6, 6.07) is 46.3. The van der Waals surface area contributed by atoms with Crippen LogP contribution in [0.3, 0.4) is 0 Å². The molecule has 12 rings (SSSR count). The highest BCUT2D eigenvalue weighted by Gasteiger charge is 2.18. The van der Waals surface area contributed by atoms with Crippen molar-refractivity contribution in [2.75, 3.05) is 0 Å². The third kappa shape index (κ3) is 5.12. The molecule has 12 aromatic rings. The zero-order chi connectivity index (χ0) is 42.7. The van der Waals surface area contributed by atoms with Crippen LogP contribution < -0.4 is 0 Å². The van der Waals surface area contributed by atoms with E-state index in [0.29, 0.717) is 34.3 Å². The number of hydrogen-bond acceptors (Lipinski definition) is 5. The molecule has 0 spiro atoms. The van der Waals surface area contributed by atoms with E-state index in [1.54, 1.807) is 15.9 Å². The van der Waals surface area contributed by atoms with Gasteiger partial charge in [0.05, 0.1) is 19.3 Å². The van der Waals surface area contributed by atoms with Gasteiger partial charge in [0, 0.05) is 64.1 Å². The van der Waals surface area contributed by atoms with Gasteiger partial charge < -0.3 is 8.98 Å². The lowest BCUT2D eigenvalue weighted by Gasteiger charge is -2.12. The van der Waals surface area contributed by atoms with Crippen molar-refractivity contribution in [3.63, 3.8) is 0 Å². The molecule has 6 heteroatoms. The van der Waals surface area contributed by atoms with Gasteiger partial charge in [-0.3, -0.25) is 0 Å². The normalized spacial score (nSPS) is 13.3. The topological polar surface area (TPSA) is 56.7 Å². The summed E-state index contributed by atoms with van der Waals surface area (Å²) in [6.07, 6.45) is 0. The summed E-state index contributed by atoms with van der Waals surface area (Å²) in [5, 5.41) is 4.79. The first-order valence-corrected chi connectivity index (χ1v) is 19.3. The van der Waals surface area contributed by atoms with Crippen molar-refractivity contribution in [1.82, 2.24) is 19.5 Å². The molecule has 5 nitrogen and oxygen atoms in total. The van der Waals surface area contributed by atoms with Crippen LogP contribution in [-0.2, 0) is 0 Å². The second kappa shape index (κ2) is 12.6. The van der Waals surface area contributed by atoms with Gasteiger partial charge in [-0.05, 0) is 71.7 Å². The maximum Gasteiger partial charge on any atom is 0.164 e. The van der Waals surface area contributed by atoms with E-state index in [-0.39, 0.29) is 58.1 Å². The molecule has 0 saturated carbocycles. The van der Waals surface area contributed by atoms with Crippen molar-refractivity contribution in [1.29, 1.82) is 0 Å². The van der Waals surface area contributed by atoms with Crippen molar-refractivity contribution in [3.05, 3.63) is 182 Å². The Kier molecular flexibility index (Phi) is 5.82. The highest BCUT2D eigenvalue weighted by atomic mass is 32.1. The summed E-state index contributed by atoms with van der Waals surface area (Å²) in [7, 11) is 0. The summed E-state index contributed by atoms with van der Waals surface area (Å²) in [5.74, 6) is 1.26. The molecule has 0 radical (unpaired) electrons. The van der Waals surface area contributed by atoms with E-state index in [0.717, 1.165) is 38.6 Å². The first-order chi connectivity index (χ1) is 30.7. The maximum absolute atomic E-state index is 9.00. The number of thiophene rings is 1. The number of fused-ring (bicyclic) bond motifs is 9. The monoisotopic (exact) mass is 752 g/mol. The Bertz CT molecular complexity index is 3840. The Morgan fingerprint density at radius 3 is 1.86 bits per heavy atom. The summed E-state index contributed by atoms with van der Waals surface area (Å²) in [6.45, 7) is 0. The van der Waals surface area contributed by atoms with Gasteiger partial charge in [-0.25, -0.2) is 15.0 Å². The Balaban J connectivity index is 1.07. The predicted octanol–water partition coefficient (Wildman–Crippen LogP) is 13.9. The van der Waals surface area contributed by atoms with Gasteiger partial charge in [0.15, 0.2) is 17.5 Å². The fourth-order valence-corrected chi connectivity index (χ4v) is 9.16. The second-order valence-electron chi connectivity index (χ2n) is 13.9. The quantitative estimate of drug-likeness (QED) is 0.176. The number of para-hydroxylation sites is 3. The third-order valence-electron chi connectivity index (χ3n) is 10.6. The number of nitrogens with zero attached hydrogens (tertiary/aromatic N) is 4. The Labute approximate surface area is 339 Å². The summed E-state index contributed by atoms with van der Waals surface area (Å²) in [5.41, 5.74) is 6.85.